The molecule has 3 aromatic carbocycles. The lowest BCUT2D eigenvalue weighted by molar-refractivity contribution is -0.140. The number of hydrogen-bond donors (Lipinski definition) is 0. The fourth-order valence-corrected chi connectivity index (χ4v) is 3.78. The van der Waals surface area contributed by atoms with E-state index in [9.17, 15) is 24.0 Å². The van der Waals surface area contributed by atoms with Gasteiger partial charge < -0.3 is 23.7 Å². The Bertz CT molecular complexity index is 1660. The molecule has 0 radical (unpaired) electrons. The Morgan fingerprint density at radius 2 is 0.978 bits per heavy atom. The van der Waals surface area contributed by atoms with Crippen molar-refractivity contribution in [1.29, 1.82) is 0 Å². The molecule has 0 aliphatic heterocycles. The predicted molar refractivity (Wildman–Crippen MR) is 170 cm³/mol. The summed E-state index contributed by atoms with van der Waals surface area (Å²) in [7, 11) is 0. The number of benzene rings is 3. The lowest BCUT2D eigenvalue weighted by atomic mass is 9.94. The minimum Gasteiger partial charge on any atom is -0.459 e. The highest BCUT2D eigenvalue weighted by Crippen LogP contribution is 2.31. The quantitative estimate of drug-likeness (QED) is 0.0685. The van der Waals surface area contributed by atoms with Gasteiger partial charge in [-0.25, -0.2) is 24.0 Å². The van der Waals surface area contributed by atoms with Gasteiger partial charge in [-0.3, -0.25) is 0 Å². The highest BCUT2D eigenvalue weighted by molar-refractivity contribution is 5.99. The summed E-state index contributed by atoms with van der Waals surface area (Å²) < 4.78 is 25.7. The molecule has 0 aliphatic carbocycles. The van der Waals surface area contributed by atoms with Crippen LogP contribution in [0.15, 0.2) is 103 Å². The number of carbonyl (C=O) groups is 5. The van der Waals surface area contributed by atoms with E-state index in [1.54, 1.807) is 73.7 Å². The van der Waals surface area contributed by atoms with E-state index in [4.69, 9.17) is 23.7 Å². The molecule has 0 heterocycles. The fraction of sp³-hybridized carbons (Fsp3) is 0.194. The summed E-state index contributed by atoms with van der Waals surface area (Å²) in [5.74, 6) is -2.63. The van der Waals surface area contributed by atoms with Gasteiger partial charge in [-0.1, -0.05) is 50.1 Å². The molecule has 0 saturated carbocycles. The van der Waals surface area contributed by atoms with Crippen LogP contribution in [0.25, 0.3) is 22.3 Å². The van der Waals surface area contributed by atoms with Crippen LogP contribution in [0.4, 0.5) is 0 Å². The van der Waals surface area contributed by atoms with E-state index >= 15 is 0 Å². The van der Waals surface area contributed by atoms with E-state index in [0.29, 0.717) is 16.9 Å². The summed E-state index contributed by atoms with van der Waals surface area (Å²) in [6, 6.07) is 18.3. The Morgan fingerprint density at radius 3 is 1.50 bits per heavy atom. The first-order chi connectivity index (χ1) is 21.9. The number of hydrogen-bond acceptors (Lipinski definition) is 10. The van der Waals surface area contributed by atoms with Gasteiger partial charge in [-0.2, -0.15) is 0 Å². The number of carbonyl (C=O) groups excluding carboxylic acids is 5. The number of rotatable bonds is 14. The average Bonchev–Trinajstić information content (AvgIpc) is 3.04. The van der Waals surface area contributed by atoms with E-state index in [1.165, 1.54) is 13.8 Å². The Balaban J connectivity index is 1.83. The molecule has 10 heteroatoms. The molecule has 0 atom stereocenters. The van der Waals surface area contributed by atoms with Gasteiger partial charge >= 0.3 is 29.8 Å². The van der Waals surface area contributed by atoms with Crippen LogP contribution < -0.4 is 4.74 Å². The van der Waals surface area contributed by atoms with Gasteiger partial charge in [-0.15, -0.1) is 0 Å². The minimum absolute atomic E-state index is 0.114. The topological polar surface area (TPSA) is 132 Å². The molecule has 0 aliphatic rings. The molecule has 0 fully saturated rings. The maximum atomic E-state index is 13.1. The fourth-order valence-electron chi connectivity index (χ4n) is 3.78. The lowest BCUT2D eigenvalue weighted by Gasteiger charge is -2.14. The first kappa shape index (κ1) is 34.7. The Labute approximate surface area is 266 Å². The summed E-state index contributed by atoms with van der Waals surface area (Å²) in [5, 5.41) is 0. The van der Waals surface area contributed by atoms with Crippen LogP contribution in [0, 0.1) is 0 Å². The second-order valence-corrected chi connectivity index (χ2v) is 10.1. The van der Waals surface area contributed by atoms with E-state index in [1.807, 2.05) is 0 Å². The molecule has 3 aromatic rings. The standard InChI is InChI=1S/C36H34O10/c1-22(2)32(37)42-17-19-44-35(40)27-9-7-26(8-10-27)31-21-28(25-11-14-29(15-12-25)46-34(39)24(5)6)13-16-30(31)36(41)45-20-18-43-33(38)23(3)4/h7-16,21H,1,3,5,17-20H2,2,4,6H3. The summed E-state index contributed by atoms with van der Waals surface area (Å²) >= 11 is 0. The van der Waals surface area contributed by atoms with Gasteiger partial charge in [0, 0.05) is 16.7 Å². The van der Waals surface area contributed by atoms with Crippen LogP contribution in [-0.4, -0.2) is 56.3 Å². The zero-order valence-electron chi connectivity index (χ0n) is 25.9. The Morgan fingerprint density at radius 1 is 0.522 bits per heavy atom. The van der Waals surface area contributed by atoms with Gasteiger partial charge in [0.15, 0.2) is 0 Å². The summed E-state index contributed by atoms with van der Waals surface area (Å²) in [4.78, 5) is 60.6. The Hall–Kier alpha value is -5.77. The second kappa shape index (κ2) is 16.3. The smallest absolute Gasteiger partial charge is 0.338 e. The molecular weight excluding hydrogens is 592 g/mol. The van der Waals surface area contributed by atoms with Crippen LogP contribution in [0.3, 0.4) is 0 Å². The number of esters is 5. The number of ether oxygens (including phenoxy) is 5. The van der Waals surface area contributed by atoms with Crippen molar-refractivity contribution < 1.29 is 47.7 Å². The van der Waals surface area contributed by atoms with Crippen molar-refractivity contribution in [3.63, 3.8) is 0 Å². The minimum atomic E-state index is -0.650. The highest BCUT2D eigenvalue weighted by atomic mass is 16.6. The molecule has 46 heavy (non-hydrogen) atoms. The van der Waals surface area contributed by atoms with Gasteiger partial charge in [-0.05, 0) is 79.4 Å². The first-order valence-electron chi connectivity index (χ1n) is 14.1. The van der Waals surface area contributed by atoms with Crippen molar-refractivity contribution in [2.75, 3.05) is 26.4 Å². The van der Waals surface area contributed by atoms with Gasteiger partial charge in [0.2, 0.25) is 0 Å². The highest BCUT2D eigenvalue weighted by Gasteiger charge is 2.18. The third kappa shape index (κ3) is 9.88. The average molecular weight is 627 g/mol. The lowest BCUT2D eigenvalue weighted by Crippen LogP contribution is -2.15. The van der Waals surface area contributed by atoms with Crippen LogP contribution >= 0.6 is 0 Å². The van der Waals surface area contributed by atoms with Gasteiger partial charge in [0.1, 0.15) is 32.2 Å². The van der Waals surface area contributed by atoms with Gasteiger partial charge in [0.05, 0.1) is 11.1 Å². The predicted octanol–water partition coefficient (Wildman–Crippen LogP) is 6.05. The van der Waals surface area contributed by atoms with Crippen molar-refractivity contribution in [2.24, 2.45) is 0 Å². The molecule has 0 saturated heterocycles. The van der Waals surface area contributed by atoms with Crippen molar-refractivity contribution in [3.05, 3.63) is 114 Å². The third-order valence-electron chi connectivity index (χ3n) is 6.21. The zero-order chi connectivity index (χ0) is 33.8. The molecule has 0 spiro atoms. The SMILES string of the molecule is C=C(C)C(=O)OCCOC(=O)c1ccc(-c2cc(-c3ccc(OC(=O)C(=C)C)cc3)ccc2C(=O)OCCOC(=O)C(=C)C)cc1. The van der Waals surface area contributed by atoms with E-state index in [2.05, 4.69) is 19.7 Å². The van der Waals surface area contributed by atoms with Crippen molar-refractivity contribution in [1.82, 2.24) is 0 Å². The van der Waals surface area contributed by atoms with Crippen LogP contribution in [0.2, 0.25) is 0 Å². The summed E-state index contributed by atoms with van der Waals surface area (Å²) in [6.45, 7) is 14.6. The van der Waals surface area contributed by atoms with Crippen LogP contribution in [0.5, 0.6) is 5.75 Å². The largest absolute Gasteiger partial charge is 0.459 e. The van der Waals surface area contributed by atoms with Crippen molar-refractivity contribution >= 4 is 29.8 Å². The van der Waals surface area contributed by atoms with Crippen LogP contribution in [0.1, 0.15) is 41.5 Å². The molecular formula is C36H34O10. The maximum absolute atomic E-state index is 13.1. The monoisotopic (exact) mass is 626 g/mol. The zero-order valence-corrected chi connectivity index (χ0v) is 25.9. The van der Waals surface area contributed by atoms with E-state index in [0.717, 1.165) is 11.1 Å². The summed E-state index contributed by atoms with van der Waals surface area (Å²) in [5.41, 5.74) is 3.83. The summed E-state index contributed by atoms with van der Waals surface area (Å²) in [6.07, 6.45) is 0. The van der Waals surface area contributed by atoms with Crippen LogP contribution in [-0.2, 0) is 33.3 Å². The van der Waals surface area contributed by atoms with E-state index < -0.39 is 29.8 Å². The second-order valence-electron chi connectivity index (χ2n) is 10.1. The molecule has 10 nitrogen and oxygen atoms in total. The first-order valence-corrected chi connectivity index (χ1v) is 14.1. The molecule has 0 aromatic heterocycles. The van der Waals surface area contributed by atoms with Crippen molar-refractivity contribution in [2.45, 2.75) is 20.8 Å². The molecule has 3 rings (SSSR count). The molecule has 238 valence electrons. The molecule has 0 bridgehead atoms. The van der Waals surface area contributed by atoms with Crippen molar-refractivity contribution in [3.8, 4) is 28.0 Å². The molecule has 0 unspecified atom stereocenters. The normalized spacial score (nSPS) is 10.2. The Kier molecular flexibility index (Phi) is 12.3. The third-order valence-corrected chi connectivity index (χ3v) is 6.21. The van der Waals surface area contributed by atoms with E-state index in [-0.39, 0.29) is 54.3 Å². The molecule has 0 N–H and O–H groups in total. The maximum Gasteiger partial charge on any atom is 0.338 e. The van der Waals surface area contributed by atoms with Gasteiger partial charge in [0.25, 0.3) is 0 Å². The molecule has 0 amide bonds.